The van der Waals surface area contributed by atoms with Gasteiger partial charge in [0.2, 0.25) is 10.0 Å². The van der Waals surface area contributed by atoms with Gasteiger partial charge in [0.25, 0.3) is 0 Å². The highest BCUT2D eigenvalue weighted by molar-refractivity contribution is 7.91. The first-order valence-electron chi connectivity index (χ1n) is 7.50. The molecule has 0 amide bonds. The number of hydrogen-bond donors (Lipinski definition) is 1. The van der Waals surface area contributed by atoms with E-state index in [4.69, 9.17) is 9.47 Å². The van der Waals surface area contributed by atoms with E-state index < -0.39 is 10.0 Å². The molecule has 1 aliphatic rings. The molecule has 0 saturated carbocycles. The van der Waals surface area contributed by atoms with Crippen LogP contribution in [-0.2, 0) is 24.9 Å². The van der Waals surface area contributed by atoms with E-state index in [9.17, 15) is 8.42 Å². The van der Waals surface area contributed by atoms with Crippen molar-refractivity contribution in [2.45, 2.75) is 55.9 Å². The van der Waals surface area contributed by atoms with Gasteiger partial charge in [0.1, 0.15) is 4.21 Å². The van der Waals surface area contributed by atoms with Crippen LogP contribution in [0.3, 0.4) is 0 Å². The van der Waals surface area contributed by atoms with Gasteiger partial charge >= 0.3 is 0 Å². The summed E-state index contributed by atoms with van der Waals surface area (Å²) in [5.41, 5.74) is -0.0460. The van der Waals surface area contributed by atoms with Gasteiger partial charge < -0.3 is 9.47 Å². The van der Waals surface area contributed by atoms with Crippen molar-refractivity contribution in [2.24, 2.45) is 0 Å². The molecule has 0 aromatic carbocycles. The average molecular weight is 348 g/mol. The van der Waals surface area contributed by atoms with E-state index in [1.165, 1.54) is 11.3 Å². The Morgan fingerprint density at radius 2 is 2.18 bits per heavy atom. The molecule has 1 fully saturated rings. The van der Waals surface area contributed by atoms with Crippen LogP contribution in [0.4, 0.5) is 0 Å². The number of hydrogen-bond acceptors (Lipinski definition) is 5. The second-order valence-corrected chi connectivity index (χ2v) is 9.73. The SMILES string of the molecule is CC(COC1CCOC1)NS(=O)(=O)c1ccc(C(C)(C)C)s1. The second kappa shape index (κ2) is 6.97. The number of sulfonamides is 1. The normalized spacial score (nSPS) is 21.2. The fourth-order valence-corrected chi connectivity index (χ4v) is 4.76. The summed E-state index contributed by atoms with van der Waals surface area (Å²) in [6, 6.07) is 3.29. The predicted octanol–water partition coefficient (Wildman–Crippen LogP) is 2.52. The van der Waals surface area contributed by atoms with E-state index in [0.29, 0.717) is 17.4 Å². The Bertz CT molecular complexity index is 583. The highest BCUT2D eigenvalue weighted by Crippen LogP contribution is 2.31. The first-order valence-corrected chi connectivity index (χ1v) is 9.80. The molecule has 126 valence electrons. The van der Waals surface area contributed by atoms with Gasteiger partial charge in [0, 0.05) is 17.5 Å². The number of ether oxygens (including phenoxy) is 2. The van der Waals surface area contributed by atoms with E-state index in [1.807, 2.05) is 13.0 Å². The van der Waals surface area contributed by atoms with Gasteiger partial charge in [-0.25, -0.2) is 13.1 Å². The van der Waals surface area contributed by atoms with E-state index in [0.717, 1.165) is 17.9 Å². The maximum Gasteiger partial charge on any atom is 0.250 e. The Morgan fingerprint density at radius 3 is 2.73 bits per heavy atom. The summed E-state index contributed by atoms with van der Waals surface area (Å²) in [6.07, 6.45) is 0.959. The third-order valence-electron chi connectivity index (χ3n) is 3.41. The Balaban J connectivity index is 1.93. The molecule has 0 bridgehead atoms. The molecule has 0 aliphatic carbocycles. The van der Waals surface area contributed by atoms with E-state index in [2.05, 4.69) is 25.5 Å². The third-order valence-corrected chi connectivity index (χ3v) is 7.00. The molecule has 2 heterocycles. The van der Waals surface area contributed by atoms with Crippen LogP contribution in [0.1, 0.15) is 39.0 Å². The minimum absolute atomic E-state index is 0.0460. The molecule has 1 aromatic heterocycles. The minimum atomic E-state index is -3.49. The number of nitrogens with one attached hydrogen (secondary N) is 1. The van der Waals surface area contributed by atoms with Crippen molar-refractivity contribution in [3.63, 3.8) is 0 Å². The fraction of sp³-hybridized carbons (Fsp3) is 0.733. The fourth-order valence-electron chi connectivity index (χ4n) is 2.15. The zero-order valence-corrected chi connectivity index (χ0v) is 15.2. The molecule has 0 radical (unpaired) electrons. The first-order chi connectivity index (χ1) is 10.2. The third kappa shape index (κ3) is 4.76. The van der Waals surface area contributed by atoms with Crippen molar-refractivity contribution >= 4 is 21.4 Å². The van der Waals surface area contributed by atoms with Crippen LogP contribution < -0.4 is 4.72 Å². The smallest absolute Gasteiger partial charge is 0.250 e. The molecule has 2 atom stereocenters. The minimum Gasteiger partial charge on any atom is -0.379 e. The summed E-state index contributed by atoms with van der Waals surface area (Å²) in [5, 5.41) is 0. The van der Waals surface area contributed by atoms with Crippen LogP contribution in [0.2, 0.25) is 0 Å². The molecule has 1 aromatic rings. The molecule has 7 heteroatoms. The molecule has 5 nitrogen and oxygen atoms in total. The van der Waals surface area contributed by atoms with Crippen LogP contribution in [0.15, 0.2) is 16.3 Å². The molecular weight excluding hydrogens is 322 g/mol. The zero-order chi connectivity index (χ0) is 16.4. The van der Waals surface area contributed by atoms with Crippen LogP contribution in [0.25, 0.3) is 0 Å². The zero-order valence-electron chi connectivity index (χ0n) is 13.6. The number of rotatable bonds is 6. The average Bonchev–Trinajstić information content (AvgIpc) is 3.06. The number of thiophene rings is 1. The summed E-state index contributed by atoms with van der Waals surface area (Å²) in [4.78, 5) is 1.06. The molecule has 2 rings (SSSR count). The Labute approximate surface area is 137 Å². The highest BCUT2D eigenvalue weighted by atomic mass is 32.2. The van der Waals surface area contributed by atoms with Gasteiger partial charge in [0.15, 0.2) is 0 Å². The van der Waals surface area contributed by atoms with Crippen LogP contribution in [-0.4, -0.2) is 40.4 Å². The lowest BCUT2D eigenvalue weighted by molar-refractivity contribution is 0.0353. The van der Waals surface area contributed by atoms with Crippen molar-refractivity contribution in [1.82, 2.24) is 4.72 Å². The highest BCUT2D eigenvalue weighted by Gasteiger charge is 2.24. The van der Waals surface area contributed by atoms with Crippen LogP contribution in [0, 0.1) is 0 Å². The molecule has 0 spiro atoms. The van der Waals surface area contributed by atoms with E-state index in [-0.39, 0.29) is 17.6 Å². The molecule has 2 unspecified atom stereocenters. The maximum absolute atomic E-state index is 12.4. The lowest BCUT2D eigenvalue weighted by Gasteiger charge is -2.17. The molecule has 22 heavy (non-hydrogen) atoms. The maximum atomic E-state index is 12.4. The summed E-state index contributed by atoms with van der Waals surface area (Å²) in [7, 11) is -3.49. The van der Waals surface area contributed by atoms with Crippen molar-refractivity contribution in [3.8, 4) is 0 Å². The van der Waals surface area contributed by atoms with Gasteiger partial charge in [-0.05, 0) is 30.9 Å². The summed E-state index contributed by atoms with van der Waals surface area (Å²) < 4.78 is 38.7. The van der Waals surface area contributed by atoms with Crippen LogP contribution >= 0.6 is 11.3 Å². The van der Waals surface area contributed by atoms with E-state index in [1.54, 1.807) is 6.07 Å². The van der Waals surface area contributed by atoms with Crippen molar-refractivity contribution < 1.29 is 17.9 Å². The molecule has 1 N–H and O–H groups in total. The van der Waals surface area contributed by atoms with Gasteiger partial charge in [-0.1, -0.05) is 20.8 Å². The lowest BCUT2D eigenvalue weighted by Crippen LogP contribution is -2.36. The second-order valence-electron chi connectivity index (χ2n) is 6.71. The van der Waals surface area contributed by atoms with Crippen molar-refractivity contribution in [3.05, 3.63) is 17.0 Å². The molecule has 1 saturated heterocycles. The lowest BCUT2D eigenvalue weighted by atomic mass is 9.95. The predicted molar refractivity (Wildman–Crippen MR) is 88.0 cm³/mol. The molecule has 1 aliphatic heterocycles. The topological polar surface area (TPSA) is 64.6 Å². The van der Waals surface area contributed by atoms with Gasteiger partial charge in [0.05, 0.1) is 19.3 Å². The van der Waals surface area contributed by atoms with Crippen molar-refractivity contribution in [1.29, 1.82) is 0 Å². The van der Waals surface area contributed by atoms with Crippen LogP contribution in [0.5, 0.6) is 0 Å². The van der Waals surface area contributed by atoms with E-state index >= 15 is 0 Å². The monoisotopic (exact) mass is 347 g/mol. The Hall–Kier alpha value is -0.470. The standard InChI is InChI=1S/C15H25NO4S2/c1-11(9-20-12-7-8-19-10-12)16-22(17,18)14-6-5-13(21-14)15(2,3)4/h5-6,11-12,16H,7-10H2,1-4H3. The van der Waals surface area contributed by atoms with Gasteiger partial charge in [-0.15, -0.1) is 11.3 Å². The van der Waals surface area contributed by atoms with Crippen molar-refractivity contribution in [2.75, 3.05) is 19.8 Å². The first kappa shape index (κ1) is 17.9. The van der Waals surface area contributed by atoms with Gasteiger partial charge in [-0.2, -0.15) is 0 Å². The largest absolute Gasteiger partial charge is 0.379 e. The quantitative estimate of drug-likeness (QED) is 0.859. The Kier molecular flexibility index (Phi) is 5.66. The summed E-state index contributed by atoms with van der Waals surface area (Å²) >= 11 is 1.32. The Morgan fingerprint density at radius 1 is 1.45 bits per heavy atom. The summed E-state index contributed by atoms with van der Waals surface area (Å²) in [6.45, 7) is 9.69. The van der Waals surface area contributed by atoms with Gasteiger partial charge in [-0.3, -0.25) is 0 Å². The molecular formula is C15H25NO4S2. The summed E-state index contributed by atoms with van der Waals surface area (Å²) in [5.74, 6) is 0.